The molecule has 0 atom stereocenters. The summed E-state index contributed by atoms with van der Waals surface area (Å²) in [5.41, 5.74) is 1.62. The van der Waals surface area contributed by atoms with Gasteiger partial charge in [0.05, 0.1) is 22.5 Å². The van der Waals surface area contributed by atoms with Crippen LogP contribution in [-0.2, 0) is 21.4 Å². The molecule has 146 valence electrons. The molecule has 1 saturated heterocycles. The van der Waals surface area contributed by atoms with Crippen molar-refractivity contribution in [3.63, 3.8) is 0 Å². The molecule has 0 bridgehead atoms. The minimum atomic E-state index is -3.56. The summed E-state index contributed by atoms with van der Waals surface area (Å²) in [6.45, 7) is 5.27. The van der Waals surface area contributed by atoms with Crippen LogP contribution in [0.5, 0.6) is 0 Å². The zero-order valence-electron chi connectivity index (χ0n) is 15.4. The lowest BCUT2D eigenvalue weighted by Crippen LogP contribution is -2.41. The summed E-state index contributed by atoms with van der Waals surface area (Å²) in [6.07, 6.45) is 2.62. The van der Waals surface area contributed by atoms with Gasteiger partial charge in [-0.05, 0) is 51.0 Å². The Morgan fingerprint density at radius 1 is 1.26 bits per heavy atom. The molecule has 2 aromatic rings. The molecule has 1 aliphatic heterocycles. The fraction of sp³-hybridized carbons (Fsp3) is 0.444. The SMILES string of the molecule is CCn1ncc(NC(=O)C2CCN(S(=O)(=O)c3ccc(Cl)cc3)CC2)c1C. The van der Waals surface area contributed by atoms with Crippen LogP contribution in [0.2, 0.25) is 5.02 Å². The molecule has 0 radical (unpaired) electrons. The quantitative estimate of drug-likeness (QED) is 0.821. The highest BCUT2D eigenvalue weighted by Gasteiger charge is 2.32. The lowest BCUT2D eigenvalue weighted by molar-refractivity contribution is -0.120. The summed E-state index contributed by atoms with van der Waals surface area (Å²) >= 11 is 5.83. The lowest BCUT2D eigenvalue weighted by atomic mass is 9.97. The number of amides is 1. The monoisotopic (exact) mass is 410 g/mol. The van der Waals surface area contributed by atoms with Crippen LogP contribution in [0.1, 0.15) is 25.5 Å². The first-order valence-corrected chi connectivity index (χ1v) is 10.7. The van der Waals surface area contributed by atoms with Crippen LogP contribution in [0.25, 0.3) is 0 Å². The smallest absolute Gasteiger partial charge is 0.243 e. The van der Waals surface area contributed by atoms with Crippen LogP contribution in [0, 0.1) is 12.8 Å². The highest BCUT2D eigenvalue weighted by Crippen LogP contribution is 2.26. The Balaban J connectivity index is 1.61. The van der Waals surface area contributed by atoms with E-state index in [1.807, 2.05) is 18.5 Å². The van der Waals surface area contributed by atoms with Gasteiger partial charge in [0.1, 0.15) is 0 Å². The molecule has 0 spiro atoms. The second-order valence-electron chi connectivity index (χ2n) is 6.58. The third-order valence-electron chi connectivity index (χ3n) is 4.94. The van der Waals surface area contributed by atoms with Crippen molar-refractivity contribution < 1.29 is 13.2 Å². The number of sulfonamides is 1. The summed E-state index contributed by atoms with van der Waals surface area (Å²) in [5, 5.41) is 7.63. The van der Waals surface area contributed by atoms with Crippen LogP contribution in [-0.4, -0.2) is 41.5 Å². The fourth-order valence-corrected chi connectivity index (χ4v) is 4.83. The topological polar surface area (TPSA) is 84.3 Å². The van der Waals surface area contributed by atoms with Gasteiger partial charge in [-0.25, -0.2) is 8.42 Å². The molecule has 1 N–H and O–H groups in total. The van der Waals surface area contributed by atoms with Gasteiger partial charge in [-0.3, -0.25) is 9.48 Å². The molecule has 0 saturated carbocycles. The number of carbonyl (C=O) groups excluding carboxylic acids is 1. The molecule has 7 nitrogen and oxygen atoms in total. The maximum absolute atomic E-state index is 12.7. The number of anilines is 1. The van der Waals surface area contributed by atoms with E-state index >= 15 is 0 Å². The van der Waals surface area contributed by atoms with E-state index in [0.29, 0.717) is 36.6 Å². The van der Waals surface area contributed by atoms with E-state index in [-0.39, 0.29) is 16.7 Å². The van der Waals surface area contributed by atoms with Gasteiger partial charge < -0.3 is 5.32 Å². The summed E-state index contributed by atoms with van der Waals surface area (Å²) < 4.78 is 28.7. The first-order valence-electron chi connectivity index (χ1n) is 8.92. The second-order valence-corrected chi connectivity index (χ2v) is 8.96. The maximum atomic E-state index is 12.7. The zero-order chi connectivity index (χ0) is 19.6. The molecule has 2 heterocycles. The van der Waals surface area contributed by atoms with Gasteiger partial charge in [-0.2, -0.15) is 9.40 Å². The summed E-state index contributed by atoms with van der Waals surface area (Å²) in [7, 11) is -3.56. The zero-order valence-corrected chi connectivity index (χ0v) is 16.9. The highest BCUT2D eigenvalue weighted by molar-refractivity contribution is 7.89. The normalized spacial score (nSPS) is 16.4. The molecule has 1 amide bonds. The summed E-state index contributed by atoms with van der Waals surface area (Å²) in [6, 6.07) is 6.14. The Kier molecular flexibility index (Phi) is 5.88. The number of hydrogen-bond donors (Lipinski definition) is 1. The molecule has 1 aliphatic rings. The Hall–Kier alpha value is -1.90. The summed E-state index contributed by atoms with van der Waals surface area (Å²) in [4.78, 5) is 12.8. The molecule has 1 aromatic carbocycles. The number of aromatic nitrogens is 2. The number of nitrogens with one attached hydrogen (secondary N) is 1. The molecule has 0 aliphatic carbocycles. The van der Waals surface area contributed by atoms with Gasteiger partial charge in [-0.15, -0.1) is 0 Å². The van der Waals surface area contributed by atoms with Crippen molar-refractivity contribution in [2.45, 2.75) is 38.1 Å². The Morgan fingerprint density at radius 3 is 2.44 bits per heavy atom. The highest BCUT2D eigenvalue weighted by atomic mass is 35.5. The van der Waals surface area contributed by atoms with Crippen molar-refractivity contribution in [2.75, 3.05) is 18.4 Å². The van der Waals surface area contributed by atoms with Crippen molar-refractivity contribution >= 4 is 33.2 Å². The van der Waals surface area contributed by atoms with Gasteiger partial charge in [0, 0.05) is 30.6 Å². The molecule has 1 fully saturated rings. The van der Waals surface area contributed by atoms with E-state index in [2.05, 4.69) is 10.4 Å². The van der Waals surface area contributed by atoms with E-state index in [9.17, 15) is 13.2 Å². The van der Waals surface area contributed by atoms with Crippen LogP contribution in [0.4, 0.5) is 5.69 Å². The van der Waals surface area contributed by atoms with Crippen molar-refractivity contribution in [3.05, 3.63) is 41.2 Å². The van der Waals surface area contributed by atoms with Crippen molar-refractivity contribution in [3.8, 4) is 0 Å². The van der Waals surface area contributed by atoms with Crippen LogP contribution in [0.3, 0.4) is 0 Å². The number of nitrogens with zero attached hydrogens (tertiary/aromatic N) is 3. The molecule has 9 heteroatoms. The number of benzene rings is 1. The number of rotatable bonds is 5. The number of hydrogen-bond acceptors (Lipinski definition) is 4. The van der Waals surface area contributed by atoms with E-state index in [0.717, 1.165) is 12.2 Å². The predicted molar refractivity (Wildman–Crippen MR) is 104 cm³/mol. The maximum Gasteiger partial charge on any atom is 0.243 e. The van der Waals surface area contributed by atoms with Crippen molar-refractivity contribution in [2.24, 2.45) is 5.92 Å². The first kappa shape index (κ1) is 19.9. The van der Waals surface area contributed by atoms with Crippen LogP contribution < -0.4 is 5.32 Å². The largest absolute Gasteiger partial charge is 0.323 e. The lowest BCUT2D eigenvalue weighted by Gasteiger charge is -2.30. The minimum absolute atomic E-state index is 0.0858. The van der Waals surface area contributed by atoms with Gasteiger partial charge in [-0.1, -0.05) is 11.6 Å². The third-order valence-corrected chi connectivity index (χ3v) is 7.10. The minimum Gasteiger partial charge on any atom is -0.323 e. The first-order chi connectivity index (χ1) is 12.8. The van der Waals surface area contributed by atoms with Gasteiger partial charge in [0.25, 0.3) is 0 Å². The Morgan fingerprint density at radius 2 is 1.89 bits per heavy atom. The number of aryl methyl sites for hydroxylation is 1. The molecule has 1 aromatic heterocycles. The molecule has 27 heavy (non-hydrogen) atoms. The number of carbonyl (C=O) groups is 1. The third kappa shape index (κ3) is 4.17. The number of halogens is 1. The average molecular weight is 411 g/mol. The van der Waals surface area contributed by atoms with Crippen molar-refractivity contribution in [1.29, 1.82) is 0 Å². The van der Waals surface area contributed by atoms with E-state index in [1.54, 1.807) is 18.3 Å². The van der Waals surface area contributed by atoms with Gasteiger partial charge in [0.2, 0.25) is 15.9 Å². The fourth-order valence-electron chi connectivity index (χ4n) is 3.24. The van der Waals surface area contributed by atoms with E-state index < -0.39 is 10.0 Å². The molecule has 0 unspecified atom stereocenters. The standard InChI is InChI=1S/C18H23ClN4O3S/c1-3-23-13(2)17(12-20-23)21-18(24)14-8-10-22(11-9-14)27(25,26)16-6-4-15(19)5-7-16/h4-7,12,14H,3,8-11H2,1-2H3,(H,21,24). The second kappa shape index (κ2) is 8.00. The van der Waals surface area contributed by atoms with Crippen LogP contribution in [0.15, 0.2) is 35.4 Å². The van der Waals surface area contributed by atoms with Crippen LogP contribution >= 0.6 is 11.6 Å². The Bertz CT molecular complexity index is 917. The molecular formula is C18H23ClN4O3S. The Labute approximate surface area is 164 Å². The van der Waals surface area contributed by atoms with E-state index in [1.165, 1.54) is 16.4 Å². The molecular weight excluding hydrogens is 388 g/mol. The summed E-state index contributed by atoms with van der Waals surface area (Å²) in [5.74, 6) is -0.302. The van der Waals surface area contributed by atoms with Gasteiger partial charge >= 0.3 is 0 Å². The van der Waals surface area contributed by atoms with Crippen molar-refractivity contribution in [1.82, 2.24) is 14.1 Å². The number of piperidine rings is 1. The molecule has 3 rings (SSSR count). The van der Waals surface area contributed by atoms with E-state index in [4.69, 9.17) is 11.6 Å². The average Bonchev–Trinajstić information content (AvgIpc) is 3.02. The van der Waals surface area contributed by atoms with Gasteiger partial charge in [0.15, 0.2) is 0 Å². The predicted octanol–water partition coefficient (Wildman–Crippen LogP) is 2.90.